The number of hydrogen-bond acceptors (Lipinski definition) is 2. The van der Waals surface area contributed by atoms with Crippen molar-refractivity contribution >= 4 is 23.0 Å². The van der Waals surface area contributed by atoms with Gasteiger partial charge in [-0.1, -0.05) is 29.8 Å². The highest BCUT2D eigenvalue weighted by Crippen LogP contribution is 2.32. The molecule has 23 heavy (non-hydrogen) atoms. The van der Waals surface area contributed by atoms with E-state index in [9.17, 15) is 0 Å². The van der Waals surface area contributed by atoms with Crippen molar-refractivity contribution in [1.29, 1.82) is 0 Å². The molecule has 2 nitrogen and oxygen atoms in total. The number of piperidine rings is 1. The van der Waals surface area contributed by atoms with E-state index < -0.39 is 0 Å². The Bertz CT molecular complexity index is 662. The fourth-order valence-corrected chi connectivity index (χ4v) is 3.70. The maximum atomic E-state index is 6.42. The highest BCUT2D eigenvalue weighted by Gasteiger charge is 2.14. The number of halogens is 1. The van der Waals surface area contributed by atoms with E-state index in [-0.39, 0.29) is 0 Å². The summed E-state index contributed by atoms with van der Waals surface area (Å²) in [6.07, 6.45) is 3.73. The predicted octanol–water partition coefficient (Wildman–Crippen LogP) is 4.96. The van der Waals surface area contributed by atoms with Gasteiger partial charge < -0.3 is 10.2 Å². The largest absolute Gasteiger partial charge is 0.343 e. The molecule has 0 bridgehead atoms. The van der Waals surface area contributed by atoms with Crippen molar-refractivity contribution in [2.24, 2.45) is 5.92 Å². The van der Waals surface area contributed by atoms with Crippen LogP contribution in [-0.2, 0) is 6.42 Å². The lowest BCUT2D eigenvalue weighted by Crippen LogP contribution is -2.28. The van der Waals surface area contributed by atoms with Gasteiger partial charge in [0.05, 0.1) is 10.7 Å². The molecule has 2 aromatic rings. The van der Waals surface area contributed by atoms with Crippen molar-refractivity contribution in [1.82, 2.24) is 5.32 Å². The quantitative estimate of drug-likeness (QED) is 0.853. The summed E-state index contributed by atoms with van der Waals surface area (Å²) in [4.78, 5) is 2.17. The van der Waals surface area contributed by atoms with E-state index in [0.717, 1.165) is 29.7 Å². The first-order chi connectivity index (χ1) is 11.1. The van der Waals surface area contributed by atoms with Crippen LogP contribution in [0, 0.1) is 12.8 Å². The van der Waals surface area contributed by atoms with E-state index in [2.05, 4.69) is 60.6 Å². The van der Waals surface area contributed by atoms with Crippen molar-refractivity contribution < 1.29 is 0 Å². The van der Waals surface area contributed by atoms with Crippen LogP contribution in [0.2, 0.25) is 5.02 Å². The van der Waals surface area contributed by atoms with Crippen LogP contribution in [0.15, 0.2) is 42.5 Å². The van der Waals surface area contributed by atoms with Gasteiger partial charge in [0.1, 0.15) is 0 Å². The third-order valence-corrected chi connectivity index (χ3v) is 5.05. The molecule has 0 amide bonds. The molecule has 1 aliphatic rings. The Kier molecular flexibility index (Phi) is 5.24. The molecular formula is C20H25ClN2. The lowest BCUT2D eigenvalue weighted by Gasteiger charge is -2.24. The van der Waals surface area contributed by atoms with Gasteiger partial charge in [-0.3, -0.25) is 0 Å². The van der Waals surface area contributed by atoms with E-state index in [1.165, 1.54) is 36.1 Å². The third kappa shape index (κ3) is 4.07. The van der Waals surface area contributed by atoms with Crippen LogP contribution in [0.4, 0.5) is 11.4 Å². The van der Waals surface area contributed by atoms with E-state index in [1.54, 1.807) is 0 Å². The second-order valence-corrected chi connectivity index (χ2v) is 6.99. The molecule has 0 atom stereocenters. The van der Waals surface area contributed by atoms with Crippen LogP contribution in [0.5, 0.6) is 0 Å². The maximum Gasteiger partial charge on any atom is 0.0645 e. The summed E-state index contributed by atoms with van der Waals surface area (Å²) in [5.41, 5.74) is 4.86. The smallest absolute Gasteiger partial charge is 0.0645 e. The summed E-state index contributed by atoms with van der Waals surface area (Å²) in [6.45, 7) is 4.38. The number of aryl methyl sites for hydroxylation is 1. The monoisotopic (exact) mass is 328 g/mol. The summed E-state index contributed by atoms with van der Waals surface area (Å²) >= 11 is 6.42. The zero-order chi connectivity index (χ0) is 16.2. The van der Waals surface area contributed by atoms with Crippen molar-refractivity contribution in [2.45, 2.75) is 26.2 Å². The van der Waals surface area contributed by atoms with Crippen molar-refractivity contribution in [3.05, 3.63) is 58.6 Å². The fraction of sp³-hybridized carbons (Fsp3) is 0.400. The molecule has 1 aliphatic heterocycles. The third-order valence-electron chi connectivity index (χ3n) is 4.75. The number of rotatable bonds is 4. The Hall–Kier alpha value is -1.51. The number of benzene rings is 2. The highest BCUT2D eigenvalue weighted by molar-refractivity contribution is 6.33. The number of hydrogen-bond donors (Lipinski definition) is 1. The average molecular weight is 329 g/mol. The van der Waals surface area contributed by atoms with Gasteiger partial charge in [-0.15, -0.1) is 0 Å². The first-order valence-corrected chi connectivity index (χ1v) is 8.81. The summed E-state index contributed by atoms with van der Waals surface area (Å²) in [6, 6.07) is 15.1. The second-order valence-electron chi connectivity index (χ2n) is 6.58. The Morgan fingerprint density at radius 2 is 1.91 bits per heavy atom. The number of anilines is 2. The minimum Gasteiger partial charge on any atom is -0.343 e. The SMILES string of the molecule is Cc1ccc(N(C)c2cccc(CC3CCNCC3)c2)c(Cl)c1. The van der Waals surface area contributed by atoms with Crippen LogP contribution in [0.3, 0.4) is 0 Å². The van der Waals surface area contributed by atoms with Crippen molar-refractivity contribution in [2.75, 3.05) is 25.0 Å². The topological polar surface area (TPSA) is 15.3 Å². The average Bonchev–Trinajstić information content (AvgIpc) is 2.55. The first-order valence-electron chi connectivity index (χ1n) is 8.43. The zero-order valence-corrected chi connectivity index (χ0v) is 14.7. The molecule has 0 radical (unpaired) electrons. The molecule has 1 fully saturated rings. The minimum atomic E-state index is 0.802. The van der Waals surface area contributed by atoms with Gasteiger partial charge in [0.2, 0.25) is 0 Å². The van der Waals surface area contributed by atoms with Crippen LogP contribution in [0.1, 0.15) is 24.0 Å². The molecule has 3 rings (SSSR count). The van der Waals surface area contributed by atoms with Gasteiger partial charge in [-0.25, -0.2) is 0 Å². The Morgan fingerprint density at radius 3 is 2.65 bits per heavy atom. The van der Waals surface area contributed by atoms with Crippen LogP contribution in [0.25, 0.3) is 0 Å². The van der Waals surface area contributed by atoms with Crippen LogP contribution >= 0.6 is 11.6 Å². The molecule has 0 aliphatic carbocycles. The molecule has 3 heteroatoms. The molecule has 0 spiro atoms. The van der Waals surface area contributed by atoms with E-state index in [0.29, 0.717) is 0 Å². The normalized spacial score (nSPS) is 15.6. The molecule has 0 unspecified atom stereocenters. The summed E-state index contributed by atoms with van der Waals surface area (Å²) < 4.78 is 0. The van der Waals surface area contributed by atoms with E-state index >= 15 is 0 Å². The fourth-order valence-electron chi connectivity index (χ4n) is 3.33. The van der Waals surface area contributed by atoms with E-state index in [4.69, 9.17) is 11.6 Å². The first kappa shape index (κ1) is 16.4. The molecule has 0 saturated carbocycles. The molecular weight excluding hydrogens is 304 g/mol. The van der Waals surface area contributed by atoms with Gasteiger partial charge in [0.15, 0.2) is 0 Å². The van der Waals surface area contributed by atoms with Gasteiger partial charge in [-0.2, -0.15) is 0 Å². The minimum absolute atomic E-state index is 0.802. The molecule has 1 saturated heterocycles. The van der Waals surface area contributed by atoms with Crippen molar-refractivity contribution in [3.8, 4) is 0 Å². The van der Waals surface area contributed by atoms with Crippen molar-refractivity contribution in [3.63, 3.8) is 0 Å². The summed E-state index contributed by atoms with van der Waals surface area (Å²) in [7, 11) is 2.08. The predicted molar refractivity (Wildman–Crippen MR) is 100.0 cm³/mol. The molecule has 2 aromatic carbocycles. The maximum absolute atomic E-state index is 6.42. The summed E-state index contributed by atoms with van der Waals surface area (Å²) in [5, 5.41) is 4.24. The Labute approximate surface area is 144 Å². The molecule has 0 aromatic heterocycles. The lowest BCUT2D eigenvalue weighted by molar-refractivity contribution is 0.372. The standard InChI is InChI=1S/C20H25ClN2/c1-15-6-7-20(19(21)12-15)23(2)18-5-3-4-17(14-18)13-16-8-10-22-11-9-16/h3-7,12,14,16,22H,8-11,13H2,1-2H3. The van der Waals surface area contributed by atoms with E-state index in [1.807, 2.05) is 6.07 Å². The molecule has 1 heterocycles. The molecule has 1 N–H and O–H groups in total. The highest BCUT2D eigenvalue weighted by atomic mass is 35.5. The molecule has 122 valence electrons. The number of nitrogens with zero attached hydrogens (tertiary/aromatic N) is 1. The summed E-state index contributed by atoms with van der Waals surface area (Å²) in [5.74, 6) is 0.805. The lowest BCUT2D eigenvalue weighted by atomic mass is 9.91. The van der Waals surface area contributed by atoms with Gasteiger partial charge >= 0.3 is 0 Å². The van der Waals surface area contributed by atoms with Crippen LogP contribution in [-0.4, -0.2) is 20.1 Å². The van der Waals surface area contributed by atoms with Gasteiger partial charge in [0, 0.05) is 12.7 Å². The van der Waals surface area contributed by atoms with Gasteiger partial charge in [-0.05, 0) is 80.6 Å². The van der Waals surface area contributed by atoms with Gasteiger partial charge in [0.25, 0.3) is 0 Å². The Balaban J connectivity index is 1.78. The Morgan fingerprint density at radius 1 is 1.13 bits per heavy atom. The zero-order valence-electron chi connectivity index (χ0n) is 14.0. The number of nitrogens with one attached hydrogen (secondary N) is 1. The van der Waals surface area contributed by atoms with Crippen LogP contribution < -0.4 is 10.2 Å². The second kappa shape index (κ2) is 7.37.